The van der Waals surface area contributed by atoms with Crippen LogP contribution in [0.3, 0.4) is 0 Å². The summed E-state index contributed by atoms with van der Waals surface area (Å²) < 4.78 is 5.79. The van der Waals surface area contributed by atoms with E-state index < -0.39 is 0 Å². The highest BCUT2D eigenvalue weighted by Crippen LogP contribution is 2.20. The van der Waals surface area contributed by atoms with Crippen LogP contribution in [0.4, 0.5) is 5.82 Å². The number of aromatic amines is 1. The molecular weight excluding hydrogens is 316 g/mol. The number of rotatable bonds is 6. The number of fused-ring (bicyclic) bond motifs is 1. The van der Waals surface area contributed by atoms with Crippen LogP contribution < -0.4 is 10.1 Å². The van der Waals surface area contributed by atoms with Crippen molar-refractivity contribution in [3.05, 3.63) is 42.9 Å². The van der Waals surface area contributed by atoms with Crippen molar-refractivity contribution in [1.29, 1.82) is 0 Å². The Hall–Kier alpha value is -2.67. The molecule has 2 aromatic heterocycles. The van der Waals surface area contributed by atoms with Gasteiger partial charge in [0.2, 0.25) is 0 Å². The molecule has 0 spiro atoms. The fourth-order valence-corrected chi connectivity index (χ4v) is 3.18. The zero-order valence-electron chi connectivity index (χ0n) is 14.1. The third-order valence-corrected chi connectivity index (χ3v) is 4.60. The number of hydrogen-bond donors (Lipinski definition) is 2. The maximum atomic E-state index is 5.79. The summed E-state index contributed by atoms with van der Waals surface area (Å²) in [5.74, 6) is 1.80. The highest BCUT2D eigenvalue weighted by molar-refractivity contribution is 5.85. The van der Waals surface area contributed by atoms with E-state index in [1.54, 1.807) is 12.5 Å². The molecule has 0 amide bonds. The van der Waals surface area contributed by atoms with Crippen LogP contribution in [0.5, 0.6) is 5.75 Å². The number of ether oxygens (including phenoxy) is 1. The molecule has 3 aromatic rings. The number of anilines is 1. The Morgan fingerprint density at radius 2 is 2.00 bits per heavy atom. The van der Waals surface area contributed by atoms with E-state index in [1.807, 2.05) is 30.3 Å². The number of aromatic nitrogens is 4. The van der Waals surface area contributed by atoms with Crippen molar-refractivity contribution in [2.24, 2.45) is 0 Å². The quantitative estimate of drug-likeness (QED) is 0.718. The first-order chi connectivity index (χ1) is 12.4. The Morgan fingerprint density at radius 1 is 1.16 bits per heavy atom. The maximum Gasteiger partial charge on any atom is 0.160 e. The third kappa shape index (κ3) is 3.88. The molecule has 2 N–H and O–H groups in total. The molecule has 1 saturated heterocycles. The van der Waals surface area contributed by atoms with Gasteiger partial charge in [0, 0.05) is 25.7 Å². The number of H-pyrrole nitrogens is 1. The summed E-state index contributed by atoms with van der Waals surface area (Å²) in [7, 11) is 0. The molecule has 0 bridgehead atoms. The highest BCUT2D eigenvalue weighted by atomic mass is 16.5. The number of benzene rings is 1. The average Bonchev–Trinajstić information content (AvgIpc) is 3.14. The molecule has 0 unspecified atom stereocenters. The lowest BCUT2D eigenvalue weighted by molar-refractivity contribution is 0.177. The fraction of sp³-hybridized carbons (Fsp3) is 0.389. The van der Waals surface area contributed by atoms with Crippen molar-refractivity contribution in [1.82, 2.24) is 25.1 Å². The average molecular weight is 338 g/mol. The molecule has 7 heteroatoms. The normalized spacial score (nSPS) is 16.2. The van der Waals surface area contributed by atoms with Crippen LogP contribution >= 0.6 is 0 Å². The van der Waals surface area contributed by atoms with E-state index in [9.17, 15) is 0 Å². The van der Waals surface area contributed by atoms with E-state index in [2.05, 4.69) is 30.4 Å². The van der Waals surface area contributed by atoms with Crippen molar-refractivity contribution in [2.75, 3.05) is 31.6 Å². The summed E-state index contributed by atoms with van der Waals surface area (Å²) in [6.45, 7) is 3.82. The summed E-state index contributed by atoms with van der Waals surface area (Å²) in [5.41, 5.74) is 0.771. The second-order valence-corrected chi connectivity index (χ2v) is 6.28. The van der Waals surface area contributed by atoms with Crippen LogP contribution in [0, 0.1) is 0 Å². The third-order valence-electron chi connectivity index (χ3n) is 4.60. The van der Waals surface area contributed by atoms with E-state index in [1.165, 1.54) is 0 Å². The van der Waals surface area contributed by atoms with Gasteiger partial charge in [0.25, 0.3) is 0 Å². The molecule has 130 valence electrons. The predicted molar refractivity (Wildman–Crippen MR) is 96.7 cm³/mol. The largest absolute Gasteiger partial charge is 0.492 e. The van der Waals surface area contributed by atoms with Gasteiger partial charge in [0.05, 0.1) is 11.6 Å². The molecule has 4 rings (SSSR count). The molecule has 3 heterocycles. The van der Waals surface area contributed by atoms with E-state index in [4.69, 9.17) is 4.74 Å². The Morgan fingerprint density at radius 3 is 2.84 bits per heavy atom. The first-order valence-electron chi connectivity index (χ1n) is 8.69. The van der Waals surface area contributed by atoms with E-state index in [0.29, 0.717) is 6.04 Å². The summed E-state index contributed by atoms with van der Waals surface area (Å²) >= 11 is 0. The van der Waals surface area contributed by atoms with Crippen molar-refractivity contribution in [3.63, 3.8) is 0 Å². The van der Waals surface area contributed by atoms with Crippen molar-refractivity contribution < 1.29 is 4.74 Å². The van der Waals surface area contributed by atoms with Crippen molar-refractivity contribution in [2.45, 2.75) is 18.9 Å². The van der Waals surface area contributed by atoms with Gasteiger partial charge >= 0.3 is 0 Å². The summed E-state index contributed by atoms with van der Waals surface area (Å²) in [6.07, 6.45) is 5.52. The van der Waals surface area contributed by atoms with Gasteiger partial charge in [0.1, 0.15) is 24.5 Å². The number of nitrogens with zero attached hydrogens (tertiary/aromatic N) is 4. The molecule has 1 aromatic carbocycles. The van der Waals surface area contributed by atoms with E-state index in [-0.39, 0.29) is 0 Å². The standard InChI is InChI=1S/C18H22N6O/c1-2-4-15(5-3-1)25-11-10-24-8-6-14(7-9-24)22-17-16-12-21-23-18(16)20-13-19-17/h1-5,12-14H,6-11H2,(H2,19,20,21,22,23). The topological polar surface area (TPSA) is 79.0 Å². The lowest BCUT2D eigenvalue weighted by atomic mass is 10.1. The number of nitrogens with one attached hydrogen (secondary N) is 2. The van der Waals surface area contributed by atoms with Gasteiger partial charge in [-0.15, -0.1) is 0 Å². The van der Waals surface area contributed by atoms with Crippen LogP contribution in [-0.4, -0.2) is 57.3 Å². The highest BCUT2D eigenvalue weighted by Gasteiger charge is 2.20. The van der Waals surface area contributed by atoms with Crippen molar-refractivity contribution in [3.8, 4) is 5.75 Å². The van der Waals surface area contributed by atoms with Crippen LogP contribution in [-0.2, 0) is 0 Å². The summed E-state index contributed by atoms with van der Waals surface area (Å²) in [6, 6.07) is 10.4. The molecule has 0 atom stereocenters. The molecule has 1 aliphatic rings. The molecule has 1 fully saturated rings. The van der Waals surface area contributed by atoms with Gasteiger partial charge in [-0.25, -0.2) is 9.97 Å². The molecule has 7 nitrogen and oxygen atoms in total. The van der Waals surface area contributed by atoms with Gasteiger partial charge < -0.3 is 10.1 Å². The van der Waals surface area contributed by atoms with Gasteiger partial charge in [-0.05, 0) is 25.0 Å². The number of para-hydroxylation sites is 1. The van der Waals surface area contributed by atoms with Crippen LogP contribution in [0.1, 0.15) is 12.8 Å². The Labute approximate surface area is 146 Å². The molecule has 0 saturated carbocycles. The monoisotopic (exact) mass is 338 g/mol. The zero-order valence-corrected chi connectivity index (χ0v) is 14.1. The molecular formula is C18H22N6O. The zero-order chi connectivity index (χ0) is 16.9. The molecule has 1 aliphatic heterocycles. The second-order valence-electron chi connectivity index (χ2n) is 6.28. The number of likely N-dealkylation sites (tertiary alicyclic amines) is 1. The molecule has 0 aliphatic carbocycles. The summed E-state index contributed by atoms with van der Waals surface area (Å²) in [4.78, 5) is 11.0. The lowest BCUT2D eigenvalue weighted by Gasteiger charge is -2.32. The van der Waals surface area contributed by atoms with Crippen LogP contribution in [0.25, 0.3) is 11.0 Å². The van der Waals surface area contributed by atoms with Crippen LogP contribution in [0.15, 0.2) is 42.9 Å². The minimum Gasteiger partial charge on any atom is -0.492 e. The first kappa shape index (κ1) is 15.8. The fourth-order valence-electron chi connectivity index (χ4n) is 3.18. The summed E-state index contributed by atoms with van der Waals surface area (Å²) in [5, 5.41) is 11.4. The predicted octanol–water partition coefficient (Wildman–Crippen LogP) is 2.31. The Balaban J connectivity index is 1.24. The second kappa shape index (κ2) is 7.48. The molecule has 0 radical (unpaired) electrons. The van der Waals surface area contributed by atoms with E-state index >= 15 is 0 Å². The Bertz CT molecular complexity index is 797. The first-order valence-corrected chi connectivity index (χ1v) is 8.69. The molecule has 25 heavy (non-hydrogen) atoms. The van der Waals surface area contributed by atoms with Gasteiger partial charge in [0.15, 0.2) is 5.65 Å². The lowest BCUT2D eigenvalue weighted by Crippen LogP contribution is -2.41. The number of piperidine rings is 1. The number of hydrogen-bond acceptors (Lipinski definition) is 6. The smallest absolute Gasteiger partial charge is 0.160 e. The van der Waals surface area contributed by atoms with Crippen molar-refractivity contribution >= 4 is 16.9 Å². The van der Waals surface area contributed by atoms with Gasteiger partial charge in [-0.3, -0.25) is 10.00 Å². The minimum absolute atomic E-state index is 0.430. The maximum absolute atomic E-state index is 5.79. The SMILES string of the molecule is c1ccc(OCCN2CCC(Nc3ncnc4[nH]ncc34)CC2)cc1. The van der Waals surface area contributed by atoms with Gasteiger partial charge in [-0.2, -0.15) is 5.10 Å². The minimum atomic E-state index is 0.430. The van der Waals surface area contributed by atoms with Crippen LogP contribution in [0.2, 0.25) is 0 Å². The van der Waals surface area contributed by atoms with E-state index in [0.717, 1.165) is 61.7 Å². The van der Waals surface area contributed by atoms with Gasteiger partial charge in [-0.1, -0.05) is 18.2 Å². The Kier molecular flexibility index (Phi) is 4.74.